The van der Waals surface area contributed by atoms with Crippen LogP contribution in [0, 0.1) is 5.92 Å². The Hall–Kier alpha value is -0.420. The first-order valence-corrected chi connectivity index (χ1v) is 6.60. The van der Waals surface area contributed by atoms with E-state index in [1.54, 1.807) is 11.3 Å². The summed E-state index contributed by atoms with van der Waals surface area (Å²) in [4.78, 5) is 3.63. The maximum atomic E-state index is 9.84. The molecule has 1 saturated heterocycles. The van der Waals surface area contributed by atoms with E-state index < -0.39 is 0 Å². The third-order valence-electron chi connectivity index (χ3n) is 2.99. The zero-order valence-electron chi connectivity index (χ0n) is 9.63. The van der Waals surface area contributed by atoms with Crippen LogP contribution in [0.4, 0.5) is 0 Å². The highest BCUT2D eigenvalue weighted by atomic mass is 32.1. The van der Waals surface area contributed by atoms with Gasteiger partial charge < -0.3 is 14.7 Å². The highest BCUT2D eigenvalue weighted by Gasteiger charge is 2.24. The summed E-state index contributed by atoms with van der Waals surface area (Å²) in [5.41, 5.74) is 0. The lowest BCUT2D eigenvalue weighted by molar-refractivity contribution is -0.0450. The van der Waals surface area contributed by atoms with Crippen molar-refractivity contribution < 1.29 is 9.84 Å². The summed E-state index contributed by atoms with van der Waals surface area (Å²) in [6.45, 7) is 3.25. The summed E-state index contributed by atoms with van der Waals surface area (Å²) in [7, 11) is 2.10. The Morgan fingerprint density at radius 3 is 3.19 bits per heavy atom. The molecule has 90 valence electrons. The normalized spacial score (nSPS) is 26.2. The van der Waals surface area contributed by atoms with Crippen molar-refractivity contribution in [2.75, 3.05) is 26.8 Å². The van der Waals surface area contributed by atoms with E-state index >= 15 is 0 Å². The van der Waals surface area contributed by atoms with Crippen LogP contribution in [0.15, 0.2) is 17.5 Å². The SMILES string of the molecule is CN(Cc1cccs1)CC1COCCC1O. The largest absolute Gasteiger partial charge is 0.393 e. The molecule has 0 bridgehead atoms. The van der Waals surface area contributed by atoms with Crippen LogP contribution in [-0.4, -0.2) is 42.9 Å². The lowest BCUT2D eigenvalue weighted by atomic mass is 9.98. The number of aliphatic hydroxyl groups is 1. The van der Waals surface area contributed by atoms with Gasteiger partial charge in [0.15, 0.2) is 0 Å². The molecule has 0 amide bonds. The summed E-state index contributed by atoms with van der Waals surface area (Å²) in [6.07, 6.45) is 0.580. The van der Waals surface area contributed by atoms with Gasteiger partial charge in [0, 0.05) is 30.5 Å². The molecule has 1 fully saturated rings. The van der Waals surface area contributed by atoms with Gasteiger partial charge in [-0.15, -0.1) is 11.3 Å². The molecule has 2 heterocycles. The van der Waals surface area contributed by atoms with Crippen molar-refractivity contribution >= 4 is 11.3 Å². The number of thiophene rings is 1. The fourth-order valence-electron chi connectivity index (χ4n) is 2.09. The Bertz CT molecular complexity index is 302. The van der Waals surface area contributed by atoms with Crippen LogP contribution in [0.1, 0.15) is 11.3 Å². The first-order chi connectivity index (χ1) is 7.75. The van der Waals surface area contributed by atoms with Crippen LogP contribution in [0.5, 0.6) is 0 Å². The maximum absolute atomic E-state index is 9.84. The summed E-state index contributed by atoms with van der Waals surface area (Å²) in [5, 5.41) is 11.9. The van der Waals surface area contributed by atoms with Gasteiger partial charge in [-0.05, 0) is 24.9 Å². The number of rotatable bonds is 4. The fourth-order valence-corrected chi connectivity index (χ4v) is 2.88. The second-order valence-corrected chi connectivity index (χ2v) is 5.50. The molecule has 0 aromatic carbocycles. The third kappa shape index (κ3) is 3.28. The predicted molar refractivity (Wildman–Crippen MR) is 65.6 cm³/mol. The molecular weight excluding hydrogens is 222 g/mol. The van der Waals surface area contributed by atoms with Crippen LogP contribution in [0.3, 0.4) is 0 Å². The van der Waals surface area contributed by atoms with Gasteiger partial charge in [-0.2, -0.15) is 0 Å². The monoisotopic (exact) mass is 241 g/mol. The van der Waals surface area contributed by atoms with E-state index in [0.717, 1.165) is 19.5 Å². The molecule has 1 aliphatic rings. The minimum absolute atomic E-state index is 0.195. The lowest BCUT2D eigenvalue weighted by Crippen LogP contribution is -2.39. The quantitative estimate of drug-likeness (QED) is 0.868. The fraction of sp³-hybridized carbons (Fsp3) is 0.667. The van der Waals surface area contributed by atoms with Gasteiger partial charge >= 0.3 is 0 Å². The molecule has 0 spiro atoms. The number of aliphatic hydroxyl groups excluding tert-OH is 1. The molecule has 2 atom stereocenters. The Kier molecular flexibility index (Phi) is 4.35. The van der Waals surface area contributed by atoms with E-state index in [2.05, 4.69) is 29.5 Å². The van der Waals surface area contributed by atoms with Gasteiger partial charge in [0.1, 0.15) is 0 Å². The summed E-state index contributed by atoms with van der Waals surface area (Å²) < 4.78 is 5.40. The van der Waals surface area contributed by atoms with Crippen molar-refractivity contribution in [1.82, 2.24) is 4.90 Å². The molecule has 2 rings (SSSR count). The zero-order chi connectivity index (χ0) is 11.4. The van der Waals surface area contributed by atoms with Crippen molar-refractivity contribution in [3.8, 4) is 0 Å². The Balaban J connectivity index is 1.79. The molecule has 3 nitrogen and oxygen atoms in total. The van der Waals surface area contributed by atoms with E-state index in [-0.39, 0.29) is 12.0 Å². The van der Waals surface area contributed by atoms with Crippen LogP contribution < -0.4 is 0 Å². The first kappa shape index (κ1) is 12.0. The summed E-state index contributed by atoms with van der Waals surface area (Å²) in [5.74, 6) is 0.263. The molecule has 1 N–H and O–H groups in total. The van der Waals surface area contributed by atoms with Gasteiger partial charge in [-0.1, -0.05) is 6.07 Å². The van der Waals surface area contributed by atoms with E-state index in [0.29, 0.717) is 13.2 Å². The molecule has 2 unspecified atom stereocenters. The lowest BCUT2D eigenvalue weighted by Gasteiger charge is -2.31. The smallest absolute Gasteiger partial charge is 0.0624 e. The molecule has 1 aromatic heterocycles. The highest BCUT2D eigenvalue weighted by molar-refractivity contribution is 7.09. The number of hydrogen-bond acceptors (Lipinski definition) is 4. The first-order valence-electron chi connectivity index (χ1n) is 5.72. The van der Waals surface area contributed by atoms with Gasteiger partial charge in [0.2, 0.25) is 0 Å². The number of hydrogen-bond donors (Lipinski definition) is 1. The van der Waals surface area contributed by atoms with Crippen LogP contribution in [0.2, 0.25) is 0 Å². The molecule has 0 saturated carbocycles. The standard InChI is InChI=1S/C12H19NO2S/c1-13(8-11-3-2-6-16-11)7-10-9-15-5-4-12(10)14/h2-3,6,10,12,14H,4-5,7-9H2,1H3. The molecule has 4 heteroatoms. The predicted octanol–water partition coefficient (Wildman–Crippen LogP) is 1.58. The maximum Gasteiger partial charge on any atom is 0.0624 e. The average Bonchev–Trinajstić information content (AvgIpc) is 2.74. The zero-order valence-corrected chi connectivity index (χ0v) is 10.4. The third-order valence-corrected chi connectivity index (χ3v) is 3.85. The minimum atomic E-state index is -0.195. The van der Waals surface area contributed by atoms with Gasteiger partial charge in [0.05, 0.1) is 12.7 Å². The number of nitrogens with zero attached hydrogens (tertiary/aromatic N) is 1. The molecule has 0 aliphatic carbocycles. The Labute approximate surface area is 101 Å². The highest BCUT2D eigenvalue weighted by Crippen LogP contribution is 2.17. The topological polar surface area (TPSA) is 32.7 Å². The van der Waals surface area contributed by atoms with Gasteiger partial charge in [-0.3, -0.25) is 0 Å². The van der Waals surface area contributed by atoms with Crippen LogP contribution in [-0.2, 0) is 11.3 Å². The van der Waals surface area contributed by atoms with E-state index in [9.17, 15) is 5.11 Å². The van der Waals surface area contributed by atoms with Crippen molar-refractivity contribution in [3.05, 3.63) is 22.4 Å². The Morgan fingerprint density at radius 1 is 1.62 bits per heavy atom. The molecule has 1 aliphatic heterocycles. The summed E-state index contributed by atoms with van der Waals surface area (Å²) >= 11 is 1.78. The van der Waals surface area contributed by atoms with Crippen molar-refractivity contribution in [1.29, 1.82) is 0 Å². The average molecular weight is 241 g/mol. The second-order valence-electron chi connectivity index (χ2n) is 4.47. The summed E-state index contributed by atoms with van der Waals surface area (Å²) in [6, 6.07) is 4.22. The Morgan fingerprint density at radius 2 is 2.50 bits per heavy atom. The van der Waals surface area contributed by atoms with Gasteiger partial charge in [-0.25, -0.2) is 0 Å². The molecule has 0 radical (unpaired) electrons. The number of ether oxygens (including phenoxy) is 1. The van der Waals surface area contributed by atoms with Crippen LogP contribution in [0.25, 0.3) is 0 Å². The molecule has 16 heavy (non-hydrogen) atoms. The van der Waals surface area contributed by atoms with Gasteiger partial charge in [0.25, 0.3) is 0 Å². The molecule has 1 aromatic rings. The van der Waals surface area contributed by atoms with E-state index in [1.807, 2.05) is 0 Å². The van der Waals surface area contributed by atoms with Crippen molar-refractivity contribution in [2.24, 2.45) is 5.92 Å². The molecular formula is C12H19NO2S. The van der Waals surface area contributed by atoms with E-state index in [1.165, 1.54) is 4.88 Å². The van der Waals surface area contributed by atoms with Crippen molar-refractivity contribution in [3.63, 3.8) is 0 Å². The second kappa shape index (κ2) is 5.77. The van der Waals surface area contributed by atoms with E-state index in [4.69, 9.17) is 4.74 Å². The van der Waals surface area contributed by atoms with Crippen molar-refractivity contribution in [2.45, 2.75) is 19.1 Å². The van der Waals surface area contributed by atoms with Crippen LogP contribution >= 0.6 is 11.3 Å². The minimum Gasteiger partial charge on any atom is -0.393 e.